The van der Waals surface area contributed by atoms with Crippen molar-refractivity contribution >= 4 is 17.5 Å². The van der Waals surface area contributed by atoms with Gasteiger partial charge in [0.2, 0.25) is 5.91 Å². The summed E-state index contributed by atoms with van der Waals surface area (Å²) in [5.74, 6) is -0.391. The topological polar surface area (TPSA) is 84.7 Å². The Labute approximate surface area is 124 Å². The summed E-state index contributed by atoms with van der Waals surface area (Å²) in [5.41, 5.74) is 7.31. The molecule has 0 bridgehead atoms. The third-order valence-electron chi connectivity index (χ3n) is 3.37. The first-order valence-corrected chi connectivity index (χ1v) is 7.07. The Balaban J connectivity index is 1.89. The highest BCUT2D eigenvalue weighted by Crippen LogP contribution is 2.13. The van der Waals surface area contributed by atoms with Crippen LogP contribution in [0.2, 0.25) is 0 Å². The van der Waals surface area contributed by atoms with Gasteiger partial charge < -0.3 is 20.7 Å². The molecule has 1 saturated heterocycles. The highest BCUT2D eigenvalue weighted by Gasteiger charge is 2.30. The van der Waals surface area contributed by atoms with Gasteiger partial charge in [-0.2, -0.15) is 0 Å². The van der Waals surface area contributed by atoms with Gasteiger partial charge in [-0.15, -0.1) is 0 Å². The summed E-state index contributed by atoms with van der Waals surface area (Å²) in [6.45, 7) is 3.86. The first kappa shape index (κ1) is 15.5. The van der Waals surface area contributed by atoms with Crippen molar-refractivity contribution in [2.45, 2.75) is 19.4 Å². The second-order valence-electron chi connectivity index (χ2n) is 5.09. The Morgan fingerprint density at radius 1 is 1.43 bits per heavy atom. The fourth-order valence-electron chi connectivity index (χ4n) is 2.23. The van der Waals surface area contributed by atoms with Gasteiger partial charge in [0.05, 0.1) is 13.0 Å². The monoisotopic (exact) mass is 291 g/mol. The summed E-state index contributed by atoms with van der Waals surface area (Å²) in [4.78, 5) is 25.7. The smallest absolute Gasteiger partial charge is 0.252 e. The number of rotatable bonds is 5. The van der Waals surface area contributed by atoms with Crippen LogP contribution in [0.15, 0.2) is 24.3 Å². The number of morpholine rings is 1. The summed E-state index contributed by atoms with van der Waals surface area (Å²) in [7, 11) is 0. The fourth-order valence-corrected chi connectivity index (χ4v) is 2.23. The Morgan fingerprint density at radius 3 is 2.81 bits per heavy atom. The lowest BCUT2D eigenvalue weighted by Gasteiger charge is -2.31. The number of carbonyl (C=O) groups excluding carboxylic acids is 2. The zero-order valence-electron chi connectivity index (χ0n) is 12.2. The lowest BCUT2D eigenvalue weighted by Crippen LogP contribution is -2.50. The molecule has 114 valence electrons. The van der Waals surface area contributed by atoms with Crippen LogP contribution in [0.25, 0.3) is 0 Å². The van der Waals surface area contributed by atoms with Crippen LogP contribution in [0, 0.1) is 6.92 Å². The van der Waals surface area contributed by atoms with E-state index in [1.807, 2.05) is 31.2 Å². The van der Waals surface area contributed by atoms with Crippen molar-refractivity contribution in [1.82, 2.24) is 4.90 Å². The van der Waals surface area contributed by atoms with Gasteiger partial charge in [0.1, 0.15) is 6.10 Å². The zero-order valence-corrected chi connectivity index (χ0v) is 12.2. The molecule has 2 amide bonds. The Morgan fingerprint density at radius 2 is 2.14 bits per heavy atom. The van der Waals surface area contributed by atoms with Crippen LogP contribution in [-0.4, -0.2) is 49.1 Å². The third-order valence-corrected chi connectivity index (χ3v) is 3.37. The number of nitrogens with two attached hydrogens (primary N) is 1. The number of ether oxygens (including phenoxy) is 1. The standard InChI is InChI=1S/C15H21N3O3/c1-11-2-4-12(5-3-11)17-14(19)10-13-15(20)18(7-6-16)8-9-21-13/h2-5,13H,6-10,16H2,1H3,(H,17,19)/t13-/m1/s1. The normalized spacial score (nSPS) is 18.7. The quantitative estimate of drug-likeness (QED) is 0.828. The summed E-state index contributed by atoms with van der Waals surface area (Å²) < 4.78 is 5.40. The van der Waals surface area contributed by atoms with E-state index in [9.17, 15) is 9.59 Å². The van der Waals surface area contributed by atoms with Gasteiger partial charge in [-0.3, -0.25) is 9.59 Å². The molecule has 1 aliphatic rings. The van der Waals surface area contributed by atoms with Gasteiger partial charge >= 0.3 is 0 Å². The molecule has 1 fully saturated rings. The van der Waals surface area contributed by atoms with E-state index in [1.165, 1.54) is 0 Å². The Kier molecular flexibility index (Phi) is 5.30. The van der Waals surface area contributed by atoms with E-state index in [4.69, 9.17) is 10.5 Å². The molecule has 1 atom stereocenters. The van der Waals surface area contributed by atoms with Crippen LogP contribution >= 0.6 is 0 Å². The van der Waals surface area contributed by atoms with Crippen LogP contribution in [-0.2, 0) is 14.3 Å². The average Bonchev–Trinajstić information content (AvgIpc) is 2.46. The van der Waals surface area contributed by atoms with Crippen molar-refractivity contribution in [3.63, 3.8) is 0 Å². The van der Waals surface area contributed by atoms with Crippen LogP contribution in [0.4, 0.5) is 5.69 Å². The maximum atomic E-state index is 12.1. The van der Waals surface area contributed by atoms with E-state index >= 15 is 0 Å². The number of benzene rings is 1. The third kappa shape index (κ3) is 4.27. The van der Waals surface area contributed by atoms with Crippen LogP contribution < -0.4 is 11.1 Å². The van der Waals surface area contributed by atoms with E-state index in [2.05, 4.69) is 5.32 Å². The number of carbonyl (C=O) groups is 2. The van der Waals surface area contributed by atoms with Gasteiger partial charge in [-0.25, -0.2) is 0 Å². The average molecular weight is 291 g/mol. The molecule has 6 nitrogen and oxygen atoms in total. The number of amides is 2. The van der Waals surface area contributed by atoms with E-state index in [0.29, 0.717) is 31.9 Å². The molecule has 3 N–H and O–H groups in total. The maximum absolute atomic E-state index is 12.1. The number of nitrogens with one attached hydrogen (secondary N) is 1. The second-order valence-corrected chi connectivity index (χ2v) is 5.09. The lowest BCUT2D eigenvalue weighted by atomic mass is 10.1. The second kappa shape index (κ2) is 7.19. The minimum absolute atomic E-state index is 0.0216. The summed E-state index contributed by atoms with van der Waals surface area (Å²) >= 11 is 0. The molecule has 0 saturated carbocycles. The largest absolute Gasteiger partial charge is 0.366 e. The Hall–Kier alpha value is -1.92. The van der Waals surface area contributed by atoms with Crippen LogP contribution in [0.1, 0.15) is 12.0 Å². The molecule has 6 heteroatoms. The number of nitrogens with zero attached hydrogens (tertiary/aromatic N) is 1. The number of hydrogen-bond donors (Lipinski definition) is 2. The fraction of sp³-hybridized carbons (Fsp3) is 0.467. The zero-order chi connectivity index (χ0) is 15.2. The van der Waals surface area contributed by atoms with Crippen molar-refractivity contribution in [2.24, 2.45) is 5.73 Å². The molecule has 0 radical (unpaired) electrons. The predicted molar refractivity (Wildman–Crippen MR) is 79.8 cm³/mol. The number of anilines is 1. The number of hydrogen-bond acceptors (Lipinski definition) is 4. The molecule has 1 heterocycles. The molecule has 0 spiro atoms. The first-order chi connectivity index (χ1) is 10.1. The molecular weight excluding hydrogens is 270 g/mol. The highest BCUT2D eigenvalue weighted by atomic mass is 16.5. The Bertz CT molecular complexity index is 499. The van der Waals surface area contributed by atoms with Gasteiger partial charge in [-0.05, 0) is 19.1 Å². The van der Waals surface area contributed by atoms with E-state index in [0.717, 1.165) is 5.56 Å². The van der Waals surface area contributed by atoms with Gasteiger partial charge in [0.15, 0.2) is 0 Å². The van der Waals surface area contributed by atoms with Gasteiger partial charge in [0.25, 0.3) is 5.91 Å². The lowest BCUT2D eigenvalue weighted by molar-refractivity contribution is -0.154. The van der Waals surface area contributed by atoms with E-state index in [-0.39, 0.29) is 18.2 Å². The van der Waals surface area contributed by atoms with Gasteiger partial charge in [-0.1, -0.05) is 17.7 Å². The SMILES string of the molecule is Cc1ccc(NC(=O)C[C@H]2OCCN(CCN)C2=O)cc1. The summed E-state index contributed by atoms with van der Waals surface area (Å²) in [6.07, 6.45) is -0.691. The minimum Gasteiger partial charge on any atom is -0.366 e. The maximum Gasteiger partial charge on any atom is 0.252 e. The van der Waals surface area contributed by atoms with Crippen molar-refractivity contribution in [1.29, 1.82) is 0 Å². The predicted octanol–water partition coefficient (Wildman–Crippen LogP) is 0.510. The van der Waals surface area contributed by atoms with Crippen molar-refractivity contribution in [2.75, 3.05) is 31.6 Å². The minimum atomic E-state index is -0.712. The van der Waals surface area contributed by atoms with Crippen LogP contribution in [0.3, 0.4) is 0 Å². The highest BCUT2D eigenvalue weighted by molar-refractivity contribution is 5.95. The summed E-state index contributed by atoms with van der Waals surface area (Å²) in [6, 6.07) is 7.50. The molecule has 1 aromatic rings. The first-order valence-electron chi connectivity index (χ1n) is 7.07. The molecule has 0 unspecified atom stereocenters. The van der Waals surface area contributed by atoms with Crippen molar-refractivity contribution < 1.29 is 14.3 Å². The van der Waals surface area contributed by atoms with E-state index in [1.54, 1.807) is 4.90 Å². The molecule has 0 aromatic heterocycles. The van der Waals surface area contributed by atoms with Crippen LogP contribution in [0.5, 0.6) is 0 Å². The van der Waals surface area contributed by atoms with Gasteiger partial charge in [0, 0.05) is 25.3 Å². The molecule has 2 rings (SSSR count). The van der Waals surface area contributed by atoms with Crippen molar-refractivity contribution in [3.8, 4) is 0 Å². The molecule has 0 aliphatic carbocycles. The molecule has 1 aliphatic heterocycles. The molecule has 1 aromatic carbocycles. The summed E-state index contributed by atoms with van der Waals surface area (Å²) in [5, 5.41) is 2.77. The number of aryl methyl sites for hydroxylation is 1. The van der Waals surface area contributed by atoms with E-state index < -0.39 is 6.10 Å². The molecular formula is C15H21N3O3. The van der Waals surface area contributed by atoms with Crippen molar-refractivity contribution in [3.05, 3.63) is 29.8 Å². The molecule has 21 heavy (non-hydrogen) atoms.